The Hall–Kier alpha value is -0.570. The van der Waals surface area contributed by atoms with Crippen molar-refractivity contribution in [3.63, 3.8) is 0 Å². The molecule has 2 aliphatic carbocycles. The van der Waals surface area contributed by atoms with Gasteiger partial charge in [-0.1, -0.05) is 0 Å². The third-order valence-electron chi connectivity index (χ3n) is 3.37. The normalized spacial score (nSPS) is 46.1. The quantitative estimate of drug-likeness (QED) is 0.615. The molecule has 12 heavy (non-hydrogen) atoms. The molecule has 2 aliphatic rings. The highest BCUT2D eigenvalue weighted by Crippen LogP contribution is 2.45. The van der Waals surface area contributed by atoms with Gasteiger partial charge >= 0.3 is 5.97 Å². The third-order valence-corrected chi connectivity index (χ3v) is 3.37. The van der Waals surface area contributed by atoms with Crippen LogP contribution in [-0.2, 0) is 4.79 Å². The summed E-state index contributed by atoms with van der Waals surface area (Å²) in [7, 11) is 0. The molecule has 3 heteroatoms. The fourth-order valence-electron chi connectivity index (χ4n) is 2.82. The number of hydrogen-bond donors (Lipinski definition) is 2. The first-order chi connectivity index (χ1) is 5.59. The molecule has 2 saturated carbocycles. The molecular weight excluding hydrogens is 154 g/mol. The van der Waals surface area contributed by atoms with E-state index >= 15 is 0 Å². The molecule has 0 aromatic rings. The average Bonchev–Trinajstić information content (AvgIpc) is 2.25. The number of hydrogen-bond acceptors (Lipinski definition) is 2. The molecule has 0 aromatic heterocycles. The van der Waals surface area contributed by atoms with Crippen LogP contribution in [0.5, 0.6) is 0 Å². The lowest BCUT2D eigenvalue weighted by Gasteiger charge is -2.32. The van der Waals surface area contributed by atoms with Crippen LogP contribution in [-0.4, -0.2) is 16.6 Å². The van der Waals surface area contributed by atoms with Crippen molar-refractivity contribution >= 4 is 5.97 Å². The van der Waals surface area contributed by atoms with E-state index < -0.39 is 5.97 Å². The van der Waals surface area contributed by atoms with Gasteiger partial charge < -0.3 is 10.8 Å². The van der Waals surface area contributed by atoms with E-state index in [0.717, 1.165) is 25.7 Å². The number of carbonyl (C=O) groups is 1. The summed E-state index contributed by atoms with van der Waals surface area (Å²) in [4.78, 5) is 10.8. The number of carboxylic acid groups (broad SMARTS) is 1. The lowest BCUT2D eigenvalue weighted by atomic mass is 9.77. The molecule has 2 fully saturated rings. The zero-order valence-electron chi connectivity index (χ0n) is 7.12. The van der Waals surface area contributed by atoms with Crippen LogP contribution >= 0.6 is 0 Å². The van der Waals surface area contributed by atoms with Gasteiger partial charge in [0.15, 0.2) is 0 Å². The van der Waals surface area contributed by atoms with Crippen molar-refractivity contribution in [2.75, 3.05) is 0 Å². The highest BCUT2D eigenvalue weighted by atomic mass is 16.4. The molecule has 3 unspecified atom stereocenters. The molecular formula is C9H15NO2. The van der Waals surface area contributed by atoms with Crippen LogP contribution < -0.4 is 5.73 Å². The lowest BCUT2D eigenvalue weighted by Crippen LogP contribution is -2.43. The molecule has 0 spiro atoms. The standard InChI is InChI=1S/C9H15NO2/c10-9-2-1-6(4-9)3-7(5-9)8(11)12/h6-7H,1-5,10H2,(H,11,12). The largest absolute Gasteiger partial charge is 0.481 e. The minimum absolute atomic E-state index is 0.133. The Balaban J connectivity index is 2.11. The molecule has 0 saturated heterocycles. The second-order valence-electron chi connectivity index (χ2n) is 4.45. The summed E-state index contributed by atoms with van der Waals surface area (Å²) in [6, 6.07) is 0. The second kappa shape index (κ2) is 2.46. The molecule has 3 atom stereocenters. The number of rotatable bonds is 1. The maximum absolute atomic E-state index is 10.8. The predicted octanol–water partition coefficient (Wildman–Crippen LogP) is 0.979. The summed E-state index contributed by atoms with van der Waals surface area (Å²) < 4.78 is 0. The van der Waals surface area contributed by atoms with E-state index in [4.69, 9.17) is 10.8 Å². The van der Waals surface area contributed by atoms with E-state index in [9.17, 15) is 4.79 Å². The molecule has 0 heterocycles. The maximum Gasteiger partial charge on any atom is 0.306 e. The van der Waals surface area contributed by atoms with Gasteiger partial charge in [-0.3, -0.25) is 4.79 Å². The topological polar surface area (TPSA) is 63.3 Å². The zero-order chi connectivity index (χ0) is 8.77. The Kier molecular flexibility index (Phi) is 1.65. The van der Waals surface area contributed by atoms with Gasteiger partial charge in [-0.15, -0.1) is 0 Å². The van der Waals surface area contributed by atoms with E-state index in [1.54, 1.807) is 0 Å². The highest BCUT2D eigenvalue weighted by molar-refractivity contribution is 5.70. The van der Waals surface area contributed by atoms with Crippen molar-refractivity contribution in [3.05, 3.63) is 0 Å². The van der Waals surface area contributed by atoms with Crippen LogP contribution in [0, 0.1) is 11.8 Å². The van der Waals surface area contributed by atoms with Crippen LogP contribution in [0.2, 0.25) is 0 Å². The SMILES string of the molecule is NC12CCC(CC(C(=O)O)C1)C2. The van der Waals surface area contributed by atoms with Gasteiger partial charge in [-0.05, 0) is 38.0 Å². The lowest BCUT2D eigenvalue weighted by molar-refractivity contribution is -0.143. The van der Waals surface area contributed by atoms with Crippen LogP contribution in [0.1, 0.15) is 32.1 Å². The van der Waals surface area contributed by atoms with Gasteiger partial charge in [0.05, 0.1) is 5.92 Å². The predicted molar refractivity (Wildman–Crippen MR) is 44.6 cm³/mol. The second-order valence-corrected chi connectivity index (χ2v) is 4.45. The van der Waals surface area contributed by atoms with E-state index in [0.29, 0.717) is 12.3 Å². The van der Waals surface area contributed by atoms with Crippen LogP contribution in [0.3, 0.4) is 0 Å². The van der Waals surface area contributed by atoms with Crippen LogP contribution in [0.25, 0.3) is 0 Å². The fourth-order valence-corrected chi connectivity index (χ4v) is 2.82. The molecule has 0 aromatic carbocycles. The minimum Gasteiger partial charge on any atom is -0.481 e. The van der Waals surface area contributed by atoms with Crippen molar-refractivity contribution in [1.82, 2.24) is 0 Å². The van der Waals surface area contributed by atoms with Crippen molar-refractivity contribution in [3.8, 4) is 0 Å². The first-order valence-electron chi connectivity index (χ1n) is 4.61. The average molecular weight is 169 g/mol. The van der Waals surface area contributed by atoms with Crippen LogP contribution in [0.15, 0.2) is 0 Å². The van der Waals surface area contributed by atoms with Gasteiger partial charge in [0, 0.05) is 5.54 Å². The zero-order valence-corrected chi connectivity index (χ0v) is 7.12. The van der Waals surface area contributed by atoms with Crippen molar-refractivity contribution in [1.29, 1.82) is 0 Å². The van der Waals surface area contributed by atoms with E-state index in [2.05, 4.69) is 0 Å². The maximum atomic E-state index is 10.8. The summed E-state index contributed by atoms with van der Waals surface area (Å²) in [5.41, 5.74) is 5.93. The van der Waals surface area contributed by atoms with E-state index in [1.807, 2.05) is 0 Å². The fraction of sp³-hybridized carbons (Fsp3) is 0.889. The summed E-state index contributed by atoms with van der Waals surface area (Å²) in [6.45, 7) is 0. The molecule has 3 nitrogen and oxygen atoms in total. The third kappa shape index (κ3) is 1.22. The summed E-state index contributed by atoms with van der Waals surface area (Å²) in [6.07, 6.45) is 4.77. The van der Waals surface area contributed by atoms with Crippen LogP contribution in [0.4, 0.5) is 0 Å². The molecule has 0 amide bonds. The molecule has 2 rings (SSSR count). The minimum atomic E-state index is -0.656. The highest BCUT2D eigenvalue weighted by Gasteiger charge is 2.44. The Morgan fingerprint density at radius 3 is 2.83 bits per heavy atom. The first kappa shape index (κ1) is 8.05. The molecule has 3 N–H and O–H groups in total. The Bertz CT molecular complexity index is 217. The number of nitrogens with two attached hydrogens (primary N) is 1. The molecule has 68 valence electrons. The van der Waals surface area contributed by atoms with Crippen molar-refractivity contribution in [2.24, 2.45) is 17.6 Å². The van der Waals surface area contributed by atoms with Gasteiger partial charge in [0.2, 0.25) is 0 Å². The number of fused-ring (bicyclic) bond motifs is 2. The molecule has 0 aliphatic heterocycles. The summed E-state index contributed by atoms with van der Waals surface area (Å²) in [5, 5.41) is 8.86. The van der Waals surface area contributed by atoms with Gasteiger partial charge in [0.1, 0.15) is 0 Å². The van der Waals surface area contributed by atoms with Gasteiger partial charge in [-0.25, -0.2) is 0 Å². The summed E-state index contributed by atoms with van der Waals surface area (Å²) >= 11 is 0. The van der Waals surface area contributed by atoms with Gasteiger partial charge in [-0.2, -0.15) is 0 Å². The Labute approximate surface area is 71.9 Å². The smallest absolute Gasteiger partial charge is 0.306 e. The van der Waals surface area contributed by atoms with Crippen molar-refractivity contribution in [2.45, 2.75) is 37.6 Å². The summed E-state index contributed by atoms with van der Waals surface area (Å²) in [5.74, 6) is -0.238. The molecule has 0 radical (unpaired) electrons. The number of carboxylic acids is 1. The van der Waals surface area contributed by atoms with E-state index in [1.165, 1.54) is 0 Å². The first-order valence-corrected chi connectivity index (χ1v) is 4.61. The number of aliphatic carboxylic acids is 1. The van der Waals surface area contributed by atoms with Crippen molar-refractivity contribution < 1.29 is 9.90 Å². The van der Waals surface area contributed by atoms with E-state index in [-0.39, 0.29) is 11.5 Å². The molecule has 2 bridgehead atoms. The van der Waals surface area contributed by atoms with Gasteiger partial charge in [0.25, 0.3) is 0 Å². The Morgan fingerprint density at radius 1 is 1.50 bits per heavy atom. The monoisotopic (exact) mass is 169 g/mol. The Morgan fingerprint density at radius 2 is 2.25 bits per heavy atom.